The van der Waals surface area contributed by atoms with E-state index in [4.69, 9.17) is 21.6 Å². The Balaban J connectivity index is 1.24. The summed E-state index contributed by atoms with van der Waals surface area (Å²) in [7, 11) is 0. The van der Waals surface area contributed by atoms with E-state index in [1.165, 1.54) is 5.56 Å². The molecule has 1 fully saturated rings. The molecule has 0 N–H and O–H groups in total. The van der Waals surface area contributed by atoms with Gasteiger partial charge in [0.1, 0.15) is 0 Å². The molecular weight excluding hydrogens is 420 g/mol. The lowest BCUT2D eigenvalue weighted by Crippen LogP contribution is -2.46. The maximum absolute atomic E-state index is 5.99. The van der Waals surface area contributed by atoms with Crippen LogP contribution in [0.2, 0.25) is 5.02 Å². The van der Waals surface area contributed by atoms with Gasteiger partial charge in [0, 0.05) is 53.1 Å². The fourth-order valence-corrected chi connectivity index (χ4v) is 5.31. The minimum absolute atomic E-state index is 0.748. The van der Waals surface area contributed by atoms with Gasteiger partial charge in [-0.3, -0.25) is 0 Å². The summed E-state index contributed by atoms with van der Waals surface area (Å²) in [6.07, 6.45) is 0. The van der Waals surface area contributed by atoms with Crippen LogP contribution in [0.5, 0.6) is 0 Å². The molecule has 146 valence electrons. The molecule has 5 rings (SSSR count). The number of hydrogen-bond donors (Lipinski definition) is 0. The Kier molecular flexibility index (Phi) is 5.23. The van der Waals surface area contributed by atoms with Gasteiger partial charge in [-0.1, -0.05) is 54.1 Å². The zero-order valence-electron chi connectivity index (χ0n) is 15.7. The lowest BCUT2D eigenvalue weighted by Gasteiger charge is -2.34. The molecule has 0 bridgehead atoms. The Morgan fingerprint density at radius 3 is 1.66 bits per heavy atom. The van der Waals surface area contributed by atoms with E-state index in [0.717, 1.165) is 58.4 Å². The van der Waals surface area contributed by atoms with Gasteiger partial charge >= 0.3 is 0 Å². The van der Waals surface area contributed by atoms with Crippen LogP contribution in [0, 0.1) is 0 Å². The third-order valence-corrected chi connectivity index (χ3v) is 7.07. The second kappa shape index (κ2) is 8.14. The summed E-state index contributed by atoms with van der Waals surface area (Å²) in [5.41, 5.74) is 4.34. The minimum Gasteiger partial charge on any atom is -0.345 e. The first-order valence-electron chi connectivity index (χ1n) is 9.48. The average Bonchev–Trinajstić information content (AvgIpc) is 3.46. The minimum atomic E-state index is 0.748. The van der Waals surface area contributed by atoms with E-state index in [1.54, 1.807) is 22.7 Å². The Bertz CT molecular complexity index is 1080. The third-order valence-electron chi connectivity index (χ3n) is 5.01. The van der Waals surface area contributed by atoms with Gasteiger partial charge in [-0.15, -0.1) is 22.7 Å². The van der Waals surface area contributed by atoms with Crippen LogP contribution in [-0.2, 0) is 0 Å². The Labute approximate surface area is 183 Å². The quantitative estimate of drug-likeness (QED) is 0.396. The molecule has 4 nitrogen and oxygen atoms in total. The molecule has 0 spiro atoms. The highest BCUT2D eigenvalue weighted by atomic mass is 35.5. The van der Waals surface area contributed by atoms with Crippen molar-refractivity contribution in [1.82, 2.24) is 9.97 Å². The van der Waals surface area contributed by atoms with Crippen molar-refractivity contribution in [3.8, 4) is 22.5 Å². The molecule has 4 aromatic rings. The van der Waals surface area contributed by atoms with Crippen molar-refractivity contribution >= 4 is 44.5 Å². The number of halogens is 1. The first kappa shape index (κ1) is 18.6. The van der Waals surface area contributed by atoms with E-state index in [1.807, 2.05) is 30.3 Å². The van der Waals surface area contributed by atoms with Crippen LogP contribution in [-0.4, -0.2) is 36.1 Å². The zero-order chi connectivity index (χ0) is 19.6. The molecule has 0 unspecified atom stereocenters. The molecular formula is C22H19ClN4S2. The fraction of sp³-hybridized carbons (Fsp3) is 0.182. The van der Waals surface area contributed by atoms with Crippen LogP contribution in [0.1, 0.15) is 0 Å². The molecule has 29 heavy (non-hydrogen) atoms. The maximum Gasteiger partial charge on any atom is 0.185 e. The molecule has 1 saturated heterocycles. The summed E-state index contributed by atoms with van der Waals surface area (Å²) >= 11 is 9.42. The van der Waals surface area contributed by atoms with E-state index < -0.39 is 0 Å². The highest BCUT2D eigenvalue weighted by Gasteiger charge is 2.22. The highest BCUT2D eigenvalue weighted by Crippen LogP contribution is 2.31. The van der Waals surface area contributed by atoms with Crippen LogP contribution in [0.3, 0.4) is 0 Å². The second-order valence-corrected chi connectivity index (χ2v) is 8.99. The van der Waals surface area contributed by atoms with Gasteiger partial charge in [0.15, 0.2) is 10.3 Å². The van der Waals surface area contributed by atoms with E-state index in [0.29, 0.717) is 0 Å². The summed E-state index contributed by atoms with van der Waals surface area (Å²) in [6.45, 7) is 3.82. The highest BCUT2D eigenvalue weighted by molar-refractivity contribution is 7.14. The molecule has 1 aliphatic heterocycles. The number of anilines is 2. The molecule has 3 heterocycles. The summed E-state index contributed by atoms with van der Waals surface area (Å²) in [5, 5.41) is 7.20. The van der Waals surface area contributed by atoms with Crippen molar-refractivity contribution < 1.29 is 0 Å². The molecule has 2 aromatic heterocycles. The van der Waals surface area contributed by atoms with Gasteiger partial charge < -0.3 is 9.80 Å². The number of aromatic nitrogens is 2. The van der Waals surface area contributed by atoms with E-state index >= 15 is 0 Å². The van der Waals surface area contributed by atoms with Crippen molar-refractivity contribution in [1.29, 1.82) is 0 Å². The van der Waals surface area contributed by atoms with E-state index in [-0.39, 0.29) is 0 Å². The smallest absolute Gasteiger partial charge is 0.185 e. The van der Waals surface area contributed by atoms with Crippen LogP contribution in [0.4, 0.5) is 10.3 Å². The molecule has 0 amide bonds. The fourth-order valence-electron chi connectivity index (χ4n) is 3.40. The number of thiazole rings is 2. The SMILES string of the molecule is Clc1ccc(-c2csc(N3CCN(c4nc(-c5ccccc5)cs4)CC3)n2)cc1. The van der Waals surface area contributed by atoms with Gasteiger partial charge in [0.2, 0.25) is 0 Å². The van der Waals surface area contributed by atoms with Crippen molar-refractivity contribution in [2.45, 2.75) is 0 Å². The standard InChI is InChI=1S/C22H19ClN4S2/c23-18-8-6-17(7-9-18)20-15-29-22(25-20)27-12-10-26(11-13-27)21-24-19(14-28-21)16-4-2-1-3-5-16/h1-9,14-15H,10-13H2. The molecule has 0 saturated carbocycles. The van der Waals surface area contributed by atoms with Gasteiger partial charge in [0.05, 0.1) is 11.4 Å². The lowest BCUT2D eigenvalue weighted by atomic mass is 10.2. The molecule has 0 radical (unpaired) electrons. The van der Waals surface area contributed by atoms with Crippen molar-refractivity contribution in [3.05, 3.63) is 70.4 Å². The van der Waals surface area contributed by atoms with Crippen LogP contribution in [0.15, 0.2) is 65.4 Å². The summed E-state index contributed by atoms with van der Waals surface area (Å²) < 4.78 is 0. The van der Waals surface area contributed by atoms with Crippen molar-refractivity contribution in [3.63, 3.8) is 0 Å². The van der Waals surface area contributed by atoms with Crippen molar-refractivity contribution in [2.24, 2.45) is 0 Å². The number of nitrogens with zero attached hydrogens (tertiary/aromatic N) is 4. The summed E-state index contributed by atoms with van der Waals surface area (Å²) in [4.78, 5) is 14.4. The Morgan fingerprint density at radius 1 is 0.655 bits per heavy atom. The maximum atomic E-state index is 5.99. The second-order valence-electron chi connectivity index (χ2n) is 6.88. The molecule has 1 aliphatic rings. The van der Waals surface area contributed by atoms with Gasteiger partial charge in [0.25, 0.3) is 0 Å². The summed E-state index contributed by atoms with van der Waals surface area (Å²) in [5.74, 6) is 0. The van der Waals surface area contributed by atoms with Gasteiger partial charge in [-0.2, -0.15) is 0 Å². The normalized spacial score (nSPS) is 14.4. The van der Waals surface area contributed by atoms with Gasteiger partial charge in [-0.05, 0) is 12.1 Å². The number of hydrogen-bond acceptors (Lipinski definition) is 6. The van der Waals surface area contributed by atoms with E-state index in [9.17, 15) is 0 Å². The predicted octanol–water partition coefficient (Wildman–Crippen LogP) is 5.91. The van der Waals surface area contributed by atoms with E-state index in [2.05, 4.69) is 44.8 Å². The molecule has 0 atom stereocenters. The predicted molar refractivity (Wildman–Crippen MR) is 125 cm³/mol. The third kappa shape index (κ3) is 4.01. The summed E-state index contributed by atoms with van der Waals surface area (Å²) in [6, 6.07) is 18.2. The van der Waals surface area contributed by atoms with Gasteiger partial charge in [-0.25, -0.2) is 9.97 Å². The first-order valence-corrected chi connectivity index (χ1v) is 11.6. The monoisotopic (exact) mass is 438 g/mol. The average molecular weight is 439 g/mol. The Morgan fingerprint density at radius 2 is 1.14 bits per heavy atom. The number of piperazine rings is 1. The zero-order valence-corrected chi connectivity index (χ0v) is 18.1. The molecule has 2 aromatic carbocycles. The molecule has 7 heteroatoms. The topological polar surface area (TPSA) is 32.3 Å². The van der Waals surface area contributed by atoms with Crippen LogP contribution >= 0.6 is 34.3 Å². The number of benzene rings is 2. The molecule has 0 aliphatic carbocycles. The largest absolute Gasteiger partial charge is 0.345 e. The Hall–Kier alpha value is -2.41. The lowest BCUT2D eigenvalue weighted by molar-refractivity contribution is 0.651. The van der Waals surface area contributed by atoms with Crippen molar-refractivity contribution in [2.75, 3.05) is 36.0 Å². The van der Waals surface area contributed by atoms with Crippen LogP contribution in [0.25, 0.3) is 22.5 Å². The first-order chi connectivity index (χ1) is 14.3. The number of rotatable bonds is 4. The van der Waals surface area contributed by atoms with Crippen LogP contribution < -0.4 is 9.80 Å².